The van der Waals surface area contributed by atoms with Crippen LogP contribution >= 0.6 is 11.6 Å². The van der Waals surface area contributed by atoms with Crippen LogP contribution in [-0.2, 0) is 26.9 Å². The van der Waals surface area contributed by atoms with Gasteiger partial charge in [0.25, 0.3) is 0 Å². The van der Waals surface area contributed by atoms with Gasteiger partial charge in [0.05, 0.1) is 16.9 Å². The van der Waals surface area contributed by atoms with Crippen LogP contribution < -0.4 is 0 Å². The molecular formula is C19H23ClN6O3S. The first-order valence-electron chi connectivity index (χ1n) is 9.34. The highest BCUT2D eigenvalue weighted by Crippen LogP contribution is 2.25. The number of hydrogen-bond donors (Lipinski definition) is 0. The summed E-state index contributed by atoms with van der Waals surface area (Å²) in [6, 6.07) is 3.64. The second kappa shape index (κ2) is 9.59. The van der Waals surface area contributed by atoms with Gasteiger partial charge in [0.2, 0.25) is 0 Å². The van der Waals surface area contributed by atoms with Gasteiger partial charge in [-0.3, -0.25) is 4.98 Å². The van der Waals surface area contributed by atoms with E-state index in [1.54, 1.807) is 44.0 Å². The largest absolute Gasteiger partial charge is 0.383 e. The molecule has 3 heterocycles. The van der Waals surface area contributed by atoms with E-state index in [9.17, 15) is 8.42 Å². The summed E-state index contributed by atoms with van der Waals surface area (Å²) < 4.78 is 33.2. The summed E-state index contributed by atoms with van der Waals surface area (Å²) in [4.78, 5) is 12.4. The second-order valence-corrected chi connectivity index (χ2v) is 9.68. The number of halogens is 1. The van der Waals surface area contributed by atoms with E-state index >= 15 is 0 Å². The Morgan fingerprint density at radius 2 is 1.90 bits per heavy atom. The third kappa shape index (κ3) is 5.00. The van der Waals surface area contributed by atoms with Gasteiger partial charge in [-0.25, -0.2) is 18.4 Å². The lowest BCUT2D eigenvalue weighted by Crippen LogP contribution is -2.27. The molecule has 11 heteroatoms. The minimum Gasteiger partial charge on any atom is -0.383 e. The number of pyridine rings is 1. The number of rotatable bonds is 9. The summed E-state index contributed by atoms with van der Waals surface area (Å²) in [6.45, 7) is 4.24. The number of aromatic nitrogens is 6. The third-order valence-electron chi connectivity index (χ3n) is 4.91. The maximum absolute atomic E-state index is 13.1. The summed E-state index contributed by atoms with van der Waals surface area (Å²) in [5, 5.41) is 8.04. The molecule has 160 valence electrons. The fourth-order valence-electron chi connectivity index (χ4n) is 2.96. The van der Waals surface area contributed by atoms with Crippen LogP contribution in [0.5, 0.6) is 0 Å². The highest BCUT2D eigenvalue weighted by Gasteiger charge is 2.31. The molecule has 30 heavy (non-hydrogen) atoms. The molecule has 0 aromatic carbocycles. The predicted molar refractivity (Wildman–Crippen MR) is 113 cm³/mol. The molecule has 9 nitrogen and oxygen atoms in total. The summed E-state index contributed by atoms with van der Waals surface area (Å²) in [5.41, 5.74) is 0.751. The summed E-state index contributed by atoms with van der Waals surface area (Å²) >= 11 is 5.83. The van der Waals surface area contributed by atoms with Gasteiger partial charge in [0, 0.05) is 49.9 Å². The molecular weight excluding hydrogens is 428 g/mol. The number of nitrogens with zero attached hydrogens (tertiary/aromatic N) is 6. The van der Waals surface area contributed by atoms with E-state index in [1.807, 2.05) is 6.07 Å². The van der Waals surface area contributed by atoms with Crippen LogP contribution in [0.25, 0.3) is 11.4 Å². The van der Waals surface area contributed by atoms with Crippen molar-refractivity contribution in [2.75, 3.05) is 13.7 Å². The molecule has 3 rings (SSSR count). The molecule has 2 atom stereocenters. The van der Waals surface area contributed by atoms with Gasteiger partial charge in [-0.2, -0.15) is 0 Å². The Hall–Kier alpha value is -2.43. The number of methoxy groups -OCH3 is 1. The summed E-state index contributed by atoms with van der Waals surface area (Å²) in [6.07, 6.45) is 6.24. The van der Waals surface area contributed by atoms with E-state index < -0.39 is 21.0 Å². The zero-order valence-corrected chi connectivity index (χ0v) is 18.5. The van der Waals surface area contributed by atoms with Gasteiger partial charge in [-0.1, -0.05) is 18.5 Å². The van der Waals surface area contributed by atoms with Gasteiger partial charge < -0.3 is 9.30 Å². The molecule has 0 bridgehead atoms. The molecule has 0 N–H and O–H groups in total. The van der Waals surface area contributed by atoms with Gasteiger partial charge in [0.1, 0.15) is 17.4 Å². The lowest BCUT2D eigenvalue weighted by molar-refractivity contribution is 0.187. The van der Waals surface area contributed by atoms with Crippen LogP contribution in [0.3, 0.4) is 0 Å². The molecule has 0 aliphatic heterocycles. The average molecular weight is 451 g/mol. The minimum atomic E-state index is -3.58. The maximum Gasteiger partial charge on any atom is 0.165 e. The van der Waals surface area contributed by atoms with Crippen molar-refractivity contribution in [1.29, 1.82) is 0 Å². The van der Waals surface area contributed by atoms with Crippen molar-refractivity contribution in [3.63, 3.8) is 0 Å². The Bertz CT molecular complexity index is 1070. The molecule has 0 amide bonds. The van der Waals surface area contributed by atoms with Gasteiger partial charge in [-0.05, 0) is 19.1 Å². The first-order chi connectivity index (χ1) is 14.3. The van der Waals surface area contributed by atoms with Crippen LogP contribution in [-0.4, -0.2) is 57.1 Å². The third-order valence-corrected chi connectivity index (χ3v) is 7.31. The number of sulfone groups is 1. The van der Waals surface area contributed by atoms with Crippen molar-refractivity contribution in [2.45, 2.75) is 37.3 Å². The molecule has 0 saturated heterocycles. The zero-order chi connectivity index (χ0) is 21.7. The Morgan fingerprint density at radius 3 is 2.53 bits per heavy atom. The van der Waals surface area contributed by atoms with Crippen LogP contribution in [0.2, 0.25) is 5.02 Å². The fourth-order valence-corrected chi connectivity index (χ4v) is 4.64. The highest BCUT2D eigenvalue weighted by molar-refractivity contribution is 7.91. The average Bonchev–Trinajstić information content (AvgIpc) is 3.14. The smallest absolute Gasteiger partial charge is 0.165 e. The second-order valence-electron chi connectivity index (χ2n) is 6.89. The van der Waals surface area contributed by atoms with Crippen LogP contribution in [0, 0.1) is 0 Å². The van der Waals surface area contributed by atoms with Crippen LogP contribution in [0.15, 0.2) is 36.9 Å². The topological polar surface area (TPSA) is 113 Å². The monoisotopic (exact) mass is 450 g/mol. The lowest BCUT2D eigenvalue weighted by atomic mass is 10.1. The van der Waals surface area contributed by atoms with E-state index in [-0.39, 0.29) is 5.75 Å². The quantitative estimate of drug-likeness (QED) is 0.488. The van der Waals surface area contributed by atoms with Crippen molar-refractivity contribution >= 4 is 21.4 Å². The summed E-state index contributed by atoms with van der Waals surface area (Å²) in [7, 11) is -2.00. The van der Waals surface area contributed by atoms with Crippen molar-refractivity contribution in [3.05, 3.63) is 53.6 Å². The standard InChI is InChI=1S/C19H23ClN6O3S/c1-13(18-22-10-16(20)11-23-18)14(2)30(27,28)12-17-24-25-19(26(17)7-8-29-3)15-5-4-6-21-9-15/h4-6,9-11,13-14H,7-8,12H2,1-3H3/t13-,14-/m0/s1. The highest BCUT2D eigenvalue weighted by atomic mass is 35.5. The van der Waals surface area contributed by atoms with Gasteiger partial charge in [-0.15, -0.1) is 10.2 Å². The molecule has 0 unspecified atom stereocenters. The molecule has 3 aromatic rings. The zero-order valence-electron chi connectivity index (χ0n) is 16.9. The molecule has 0 fully saturated rings. The molecule has 3 aromatic heterocycles. The Kier molecular flexibility index (Phi) is 7.11. The normalized spacial score (nSPS) is 13.9. The fraction of sp³-hybridized carbons (Fsp3) is 0.421. The summed E-state index contributed by atoms with van der Waals surface area (Å²) in [5.74, 6) is 0.644. The molecule has 0 aliphatic carbocycles. The van der Waals surface area contributed by atoms with Crippen molar-refractivity contribution in [1.82, 2.24) is 29.7 Å². The van der Waals surface area contributed by atoms with E-state index in [4.69, 9.17) is 16.3 Å². The first-order valence-corrected chi connectivity index (χ1v) is 11.4. The van der Waals surface area contributed by atoms with E-state index in [0.29, 0.717) is 35.6 Å². The molecule has 0 spiro atoms. The van der Waals surface area contributed by atoms with Gasteiger partial charge in [0.15, 0.2) is 15.7 Å². The van der Waals surface area contributed by atoms with E-state index in [1.165, 1.54) is 12.4 Å². The molecule has 0 radical (unpaired) electrons. The van der Waals surface area contributed by atoms with Crippen LogP contribution in [0.1, 0.15) is 31.4 Å². The Balaban J connectivity index is 1.88. The number of hydrogen-bond acceptors (Lipinski definition) is 8. The van der Waals surface area contributed by atoms with Crippen molar-refractivity contribution in [3.8, 4) is 11.4 Å². The lowest BCUT2D eigenvalue weighted by Gasteiger charge is -2.19. The minimum absolute atomic E-state index is 0.261. The van der Waals surface area contributed by atoms with Crippen molar-refractivity contribution < 1.29 is 13.2 Å². The molecule has 0 saturated carbocycles. The van der Waals surface area contributed by atoms with Crippen LogP contribution in [0.4, 0.5) is 0 Å². The van der Waals surface area contributed by atoms with Crippen molar-refractivity contribution in [2.24, 2.45) is 0 Å². The Labute approximate surface area is 180 Å². The number of ether oxygens (including phenoxy) is 1. The SMILES string of the molecule is COCCn1c(CS(=O)(=O)[C@@H](C)[C@H](C)c2ncc(Cl)cn2)nnc1-c1cccnc1. The van der Waals surface area contributed by atoms with E-state index in [2.05, 4.69) is 25.1 Å². The van der Waals surface area contributed by atoms with Gasteiger partial charge >= 0.3 is 0 Å². The maximum atomic E-state index is 13.1. The predicted octanol–water partition coefficient (Wildman–Crippen LogP) is 2.54. The Morgan fingerprint density at radius 1 is 1.17 bits per heavy atom. The molecule has 0 aliphatic rings. The first kappa shape index (κ1) is 22.3. The van der Waals surface area contributed by atoms with E-state index in [0.717, 1.165) is 5.56 Å².